The van der Waals surface area contributed by atoms with Crippen LogP contribution in [0.25, 0.3) is 6.08 Å². The SMILES string of the molecule is C=Cc1ccc(S(=O)(=O)O)s1. The van der Waals surface area contributed by atoms with E-state index in [2.05, 4.69) is 6.58 Å². The second kappa shape index (κ2) is 2.77. The fourth-order valence-corrected chi connectivity index (χ4v) is 2.12. The Morgan fingerprint density at radius 2 is 2.18 bits per heavy atom. The summed E-state index contributed by atoms with van der Waals surface area (Å²) in [6.45, 7) is 3.46. The third-order valence-electron chi connectivity index (χ3n) is 1.06. The Kier molecular flexibility index (Phi) is 2.12. The van der Waals surface area contributed by atoms with Crippen LogP contribution < -0.4 is 0 Å². The summed E-state index contributed by atoms with van der Waals surface area (Å²) in [5.41, 5.74) is 0. The van der Waals surface area contributed by atoms with Gasteiger partial charge in [-0.2, -0.15) is 8.42 Å². The lowest BCUT2D eigenvalue weighted by Crippen LogP contribution is -1.92. The number of rotatable bonds is 2. The molecule has 0 aromatic carbocycles. The van der Waals surface area contributed by atoms with Gasteiger partial charge in [-0.15, -0.1) is 11.3 Å². The smallest absolute Gasteiger partial charge is 0.281 e. The predicted octanol–water partition coefficient (Wildman–Crippen LogP) is 1.64. The highest BCUT2D eigenvalue weighted by Gasteiger charge is 2.10. The van der Waals surface area contributed by atoms with Crippen molar-refractivity contribution in [2.45, 2.75) is 4.21 Å². The van der Waals surface area contributed by atoms with E-state index in [1.54, 1.807) is 6.07 Å². The summed E-state index contributed by atoms with van der Waals surface area (Å²) in [6, 6.07) is 2.93. The number of thiophene rings is 1. The van der Waals surface area contributed by atoms with Gasteiger partial charge in [-0.1, -0.05) is 12.7 Å². The molecule has 1 aromatic rings. The van der Waals surface area contributed by atoms with Crippen molar-refractivity contribution in [2.24, 2.45) is 0 Å². The van der Waals surface area contributed by atoms with Gasteiger partial charge < -0.3 is 0 Å². The lowest BCUT2D eigenvalue weighted by Gasteiger charge is -1.86. The van der Waals surface area contributed by atoms with Gasteiger partial charge in [-0.05, 0) is 12.1 Å². The molecule has 0 aliphatic heterocycles. The largest absolute Gasteiger partial charge is 0.304 e. The molecule has 1 N–H and O–H groups in total. The molecule has 0 spiro atoms. The van der Waals surface area contributed by atoms with E-state index in [9.17, 15) is 8.42 Å². The molecule has 0 saturated heterocycles. The van der Waals surface area contributed by atoms with Crippen LogP contribution in [0.2, 0.25) is 0 Å². The summed E-state index contributed by atoms with van der Waals surface area (Å²) in [5, 5.41) is 0. The average Bonchev–Trinajstić information content (AvgIpc) is 2.32. The highest BCUT2D eigenvalue weighted by atomic mass is 32.3. The predicted molar refractivity (Wildman–Crippen MR) is 44.2 cm³/mol. The van der Waals surface area contributed by atoms with Crippen molar-refractivity contribution in [3.8, 4) is 0 Å². The first kappa shape index (κ1) is 8.45. The molecule has 0 atom stereocenters. The van der Waals surface area contributed by atoms with Crippen molar-refractivity contribution >= 4 is 27.5 Å². The van der Waals surface area contributed by atoms with E-state index in [-0.39, 0.29) is 4.21 Å². The Hall–Kier alpha value is -0.650. The molecule has 60 valence electrons. The molecule has 0 unspecified atom stereocenters. The van der Waals surface area contributed by atoms with Gasteiger partial charge in [-0.25, -0.2) is 0 Å². The molecule has 1 aromatic heterocycles. The van der Waals surface area contributed by atoms with Gasteiger partial charge in [0.15, 0.2) is 0 Å². The van der Waals surface area contributed by atoms with Gasteiger partial charge in [0, 0.05) is 4.88 Å². The van der Waals surface area contributed by atoms with E-state index in [0.717, 1.165) is 16.2 Å². The normalized spacial score (nSPS) is 11.4. The van der Waals surface area contributed by atoms with Gasteiger partial charge in [0.05, 0.1) is 0 Å². The molecule has 0 amide bonds. The summed E-state index contributed by atoms with van der Waals surface area (Å²) < 4.78 is 29.5. The van der Waals surface area contributed by atoms with E-state index in [0.29, 0.717) is 0 Å². The van der Waals surface area contributed by atoms with Gasteiger partial charge in [-0.3, -0.25) is 4.55 Å². The van der Waals surface area contributed by atoms with Crippen LogP contribution >= 0.6 is 11.3 Å². The zero-order valence-electron chi connectivity index (χ0n) is 5.52. The molecular weight excluding hydrogens is 184 g/mol. The van der Waals surface area contributed by atoms with Gasteiger partial charge in [0.2, 0.25) is 0 Å². The second-order valence-corrected chi connectivity index (χ2v) is 4.60. The maximum absolute atomic E-state index is 10.5. The van der Waals surface area contributed by atoms with Gasteiger partial charge in [0.25, 0.3) is 0 Å². The molecule has 11 heavy (non-hydrogen) atoms. The molecule has 0 saturated carbocycles. The van der Waals surface area contributed by atoms with Crippen LogP contribution in [0.3, 0.4) is 0 Å². The minimum absolute atomic E-state index is 0.0487. The Bertz CT molecular complexity index is 361. The van der Waals surface area contributed by atoms with Crippen LogP contribution in [-0.2, 0) is 10.1 Å². The minimum Gasteiger partial charge on any atom is -0.281 e. The maximum Gasteiger partial charge on any atom is 0.304 e. The molecule has 3 nitrogen and oxygen atoms in total. The first-order valence-electron chi connectivity index (χ1n) is 2.74. The van der Waals surface area contributed by atoms with Crippen LogP contribution in [0.1, 0.15) is 4.88 Å². The summed E-state index contributed by atoms with van der Waals surface area (Å²) >= 11 is 0.984. The monoisotopic (exact) mass is 190 g/mol. The second-order valence-electron chi connectivity index (χ2n) is 1.84. The van der Waals surface area contributed by atoms with Gasteiger partial charge >= 0.3 is 10.1 Å². The van der Waals surface area contributed by atoms with Crippen molar-refractivity contribution in [3.63, 3.8) is 0 Å². The van der Waals surface area contributed by atoms with Crippen molar-refractivity contribution in [3.05, 3.63) is 23.6 Å². The molecule has 0 aliphatic rings. The van der Waals surface area contributed by atoms with E-state index in [4.69, 9.17) is 4.55 Å². The molecule has 0 radical (unpaired) electrons. The van der Waals surface area contributed by atoms with Crippen LogP contribution in [-0.4, -0.2) is 13.0 Å². The lowest BCUT2D eigenvalue weighted by atomic mass is 10.5. The van der Waals surface area contributed by atoms with E-state index >= 15 is 0 Å². The molecule has 1 heterocycles. The number of hydrogen-bond acceptors (Lipinski definition) is 3. The highest BCUT2D eigenvalue weighted by Crippen LogP contribution is 2.21. The third-order valence-corrected chi connectivity index (χ3v) is 3.46. The van der Waals surface area contributed by atoms with Crippen molar-refractivity contribution in [1.82, 2.24) is 0 Å². The average molecular weight is 190 g/mol. The molecule has 0 aliphatic carbocycles. The van der Waals surface area contributed by atoms with Crippen LogP contribution in [0.4, 0.5) is 0 Å². The van der Waals surface area contributed by atoms with Crippen molar-refractivity contribution in [2.75, 3.05) is 0 Å². The van der Waals surface area contributed by atoms with E-state index in [1.165, 1.54) is 12.1 Å². The van der Waals surface area contributed by atoms with E-state index < -0.39 is 10.1 Å². The molecular formula is C6H6O3S2. The minimum atomic E-state index is -4.02. The molecule has 0 fully saturated rings. The Balaban J connectivity index is 3.18. The standard InChI is InChI=1S/C6H6O3S2/c1-2-5-3-4-6(10-5)11(7,8)9/h2-4H,1H2,(H,7,8,9). The van der Waals surface area contributed by atoms with Crippen LogP contribution in [0, 0.1) is 0 Å². The molecule has 1 rings (SSSR count). The zero-order valence-corrected chi connectivity index (χ0v) is 7.15. The summed E-state index contributed by atoms with van der Waals surface area (Å²) in [6.07, 6.45) is 1.53. The Morgan fingerprint density at radius 3 is 2.45 bits per heavy atom. The lowest BCUT2D eigenvalue weighted by molar-refractivity contribution is 0.485. The summed E-state index contributed by atoms with van der Waals surface area (Å²) in [5.74, 6) is 0. The molecule has 0 bridgehead atoms. The summed E-state index contributed by atoms with van der Waals surface area (Å²) in [7, 11) is -4.02. The fourth-order valence-electron chi connectivity index (χ4n) is 0.583. The molecule has 5 heteroatoms. The quantitative estimate of drug-likeness (QED) is 0.721. The highest BCUT2D eigenvalue weighted by molar-refractivity contribution is 7.88. The number of hydrogen-bond donors (Lipinski definition) is 1. The van der Waals surface area contributed by atoms with Crippen molar-refractivity contribution in [1.29, 1.82) is 0 Å². The van der Waals surface area contributed by atoms with Crippen LogP contribution in [0.5, 0.6) is 0 Å². The maximum atomic E-state index is 10.5. The summed E-state index contributed by atoms with van der Waals surface area (Å²) in [4.78, 5) is 0.720. The van der Waals surface area contributed by atoms with Crippen molar-refractivity contribution < 1.29 is 13.0 Å². The van der Waals surface area contributed by atoms with Gasteiger partial charge in [0.1, 0.15) is 4.21 Å². The first-order valence-corrected chi connectivity index (χ1v) is 4.99. The Morgan fingerprint density at radius 1 is 1.55 bits per heavy atom. The topological polar surface area (TPSA) is 54.4 Å². The van der Waals surface area contributed by atoms with E-state index in [1.807, 2.05) is 0 Å². The fraction of sp³-hybridized carbons (Fsp3) is 0. The Labute approximate surface area is 68.7 Å². The van der Waals surface area contributed by atoms with Crippen LogP contribution in [0.15, 0.2) is 22.9 Å². The third kappa shape index (κ3) is 1.89. The first-order chi connectivity index (χ1) is 5.04. The zero-order chi connectivity index (χ0) is 8.48.